The smallest absolute Gasteiger partial charge is 0.0788 e. The molecule has 0 aromatic heterocycles. The van der Waals surface area contributed by atoms with Crippen LogP contribution in [0.25, 0.3) is 0 Å². The van der Waals surface area contributed by atoms with Crippen LogP contribution in [0.15, 0.2) is 0 Å². The van der Waals surface area contributed by atoms with E-state index in [-0.39, 0.29) is 17.2 Å². The Labute approximate surface area is 124 Å². The van der Waals surface area contributed by atoms with Gasteiger partial charge in [-0.25, -0.2) is 0 Å². The molecule has 118 valence electrons. The third kappa shape index (κ3) is 2.89. The maximum absolute atomic E-state index is 6.48. The minimum atomic E-state index is -0.222. The predicted octanol–water partition coefficient (Wildman–Crippen LogP) is 1.40. The van der Waals surface area contributed by atoms with Crippen LogP contribution in [0.3, 0.4) is 0 Å². The van der Waals surface area contributed by atoms with E-state index in [1.807, 2.05) is 0 Å². The van der Waals surface area contributed by atoms with Crippen molar-refractivity contribution in [3.05, 3.63) is 0 Å². The molecule has 2 heterocycles. The highest BCUT2D eigenvalue weighted by atomic mass is 16.5. The Bertz CT molecular complexity index is 354. The molecule has 0 aliphatic carbocycles. The van der Waals surface area contributed by atoms with Crippen LogP contribution in [0.4, 0.5) is 0 Å². The lowest BCUT2D eigenvalue weighted by Crippen LogP contribution is -2.48. The van der Waals surface area contributed by atoms with E-state index in [2.05, 4.69) is 58.5 Å². The highest BCUT2D eigenvalue weighted by Gasteiger charge is 2.52. The first-order valence-corrected chi connectivity index (χ1v) is 7.89. The van der Waals surface area contributed by atoms with E-state index < -0.39 is 0 Å². The molecule has 2 saturated heterocycles. The number of hydrogen-bond donors (Lipinski definition) is 1. The maximum atomic E-state index is 6.48. The van der Waals surface area contributed by atoms with Crippen molar-refractivity contribution in [2.24, 2.45) is 17.6 Å². The number of nitrogens with two attached hydrogens (primary N) is 1. The molecule has 4 unspecified atom stereocenters. The van der Waals surface area contributed by atoms with Crippen molar-refractivity contribution in [2.75, 3.05) is 33.7 Å². The third-order valence-electron chi connectivity index (χ3n) is 5.42. The van der Waals surface area contributed by atoms with Gasteiger partial charge in [-0.15, -0.1) is 0 Å². The minimum absolute atomic E-state index is 0.103. The number of nitrogens with zero attached hydrogens (tertiary/aromatic N) is 2. The van der Waals surface area contributed by atoms with Gasteiger partial charge in [0.25, 0.3) is 0 Å². The molecule has 4 heteroatoms. The zero-order valence-electron chi connectivity index (χ0n) is 14.3. The molecule has 4 nitrogen and oxygen atoms in total. The second-order valence-corrected chi connectivity index (χ2v) is 8.17. The average molecular weight is 283 g/mol. The van der Waals surface area contributed by atoms with Crippen molar-refractivity contribution in [1.82, 2.24) is 9.80 Å². The molecule has 0 bridgehead atoms. The van der Waals surface area contributed by atoms with Gasteiger partial charge in [0.1, 0.15) is 0 Å². The van der Waals surface area contributed by atoms with Crippen LogP contribution in [0.1, 0.15) is 34.6 Å². The molecule has 2 aliphatic heterocycles. The van der Waals surface area contributed by atoms with Gasteiger partial charge in [-0.1, -0.05) is 6.92 Å². The summed E-state index contributed by atoms with van der Waals surface area (Å²) in [5.41, 5.74) is 6.12. The van der Waals surface area contributed by atoms with Crippen molar-refractivity contribution >= 4 is 0 Å². The van der Waals surface area contributed by atoms with Gasteiger partial charge in [-0.2, -0.15) is 0 Å². The standard InChI is InChI=1S/C16H33N3O/c1-11-8-19(10-13(11)18(6)7)9-12-14(17)16(4,5)20-15(12,2)3/h11-14H,8-10,17H2,1-7H3. The molecule has 20 heavy (non-hydrogen) atoms. The van der Waals surface area contributed by atoms with E-state index in [0.717, 1.165) is 19.0 Å². The van der Waals surface area contributed by atoms with Crippen LogP contribution in [0.5, 0.6) is 0 Å². The molecule has 2 aliphatic rings. The highest BCUT2D eigenvalue weighted by molar-refractivity contribution is 5.05. The van der Waals surface area contributed by atoms with E-state index in [1.165, 1.54) is 6.54 Å². The topological polar surface area (TPSA) is 41.7 Å². The summed E-state index contributed by atoms with van der Waals surface area (Å²) >= 11 is 0. The normalized spacial score (nSPS) is 40.6. The molecular weight excluding hydrogens is 250 g/mol. The van der Waals surface area contributed by atoms with Gasteiger partial charge < -0.3 is 20.3 Å². The molecule has 0 spiro atoms. The van der Waals surface area contributed by atoms with Gasteiger partial charge in [0.05, 0.1) is 11.2 Å². The number of hydrogen-bond acceptors (Lipinski definition) is 4. The monoisotopic (exact) mass is 283 g/mol. The highest BCUT2D eigenvalue weighted by Crippen LogP contribution is 2.42. The van der Waals surface area contributed by atoms with Crippen LogP contribution < -0.4 is 5.73 Å². The van der Waals surface area contributed by atoms with Crippen LogP contribution in [0.2, 0.25) is 0 Å². The summed E-state index contributed by atoms with van der Waals surface area (Å²) in [4.78, 5) is 4.93. The molecule has 0 radical (unpaired) electrons. The Morgan fingerprint density at radius 3 is 2.15 bits per heavy atom. The van der Waals surface area contributed by atoms with Gasteiger partial charge >= 0.3 is 0 Å². The molecule has 2 N–H and O–H groups in total. The summed E-state index contributed by atoms with van der Waals surface area (Å²) in [7, 11) is 4.37. The first-order valence-electron chi connectivity index (χ1n) is 7.89. The van der Waals surface area contributed by atoms with Crippen LogP contribution in [0, 0.1) is 11.8 Å². The lowest BCUT2D eigenvalue weighted by Gasteiger charge is -2.31. The Morgan fingerprint density at radius 2 is 1.75 bits per heavy atom. The molecule has 0 aromatic carbocycles. The predicted molar refractivity (Wildman–Crippen MR) is 83.8 cm³/mol. The fraction of sp³-hybridized carbons (Fsp3) is 1.00. The first kappa shape index (κ1) is 16.2. The summed E-state index contributed by atoms with van der Waals surface area (Å²) < 4.78 is 6.21. The lowest BCUT2D eigenvalue weighted by atomic mass is 9.83. The zero-order chi connectivity index (χ0) is 15.3. The molecule has 4 atom stereocenters. The van der Waals surface area contributed by atoms with Gasteiger partial charge in [-0.05, 0) is 47.7 Å². The largest absolute Gasteiger partial charge is 0.368 e. The Kier molecular flexibility index (Phi) is 4.25. The van der Waals surface area contributed by atoms with Crippen molar-refractivity contribution in [2.45, 2.75) is 57.9 Å². The molecule has 2 rings (SSSR count). The second kappa shape index (κ2) is 5.24. The van der Waals surface area contributed by atoms with Gasteiger partial charge in [-0.3, -0.25) is 0 Å². The Hall–Kier alpha value is -0.160. The second-order valence-electron chi connectivity index (χ2n) is 8.17. The molecular formula is C16H33N3O. The fourth-order valence-corrected chi connectivity index (χ4v) is 4.22. The van der Waals surface area contributed by atoms with Crippen molar-refractivity contribution < 1.29 is 4.74 Å². The number of ether oxygens (including phenoxy) is 1. The van der Waals surface area contributed by atoms with E-state index in [1.54, 1.807) is 0 Å². The van der Waals surface area contributed by atoms with Gasteiger partial charge in [0, 0.05) is 37.6 Å². The lowest BCUT2D eigenvalue weighted by molar-refractivity contribution is -0.0782. The minimum Gasteiger partial charge on any atom is -0.368 e. The summed E-state index contributed by atoms with van der Waals surface area (Å²) in [6, 6.07) is 0.760. The van der Waals surface area contributed by atoms with Crippen molar-refractivity contribution in [3.8, 4) is 0 Å². The molecule has 0 aromatic rings. The number of rotatable bonds is 3. The molecule has 0 saturated carbocycles. The number of likely N-dealkylation sites (N-methyl/N-ethyl adjacent to an activating group) is 1. The Balaban J connectivity index is 2.04. The zero-order valence-corrected chi connectivity index (χ0v) is 14.3. The Morgan fingerprint density at radius 1 is 1.15 bits per heavy atom. The van der Waals surface area contributed by atoms with Crippen LogP contribution in [-0.2, 0) is 4.74 Å². The van der Waals surface area contributed by atoms with Crippen molar-refractivity contribution in [3.63, 3.8) is 0 Å². The van der Waals surface area contributed by atoms with E-state index in [4.69, 9.17) is 10.5 Å². The van der Waals surface area contributed by atoms with Crippen molar-refractivity contribution in [1.29, 1.82) is 0 Å². The summed E-state index contributed by atoms with van der Waals surface area (Å²) in [5, 5.41) is 0. The summed E-state index contributed by atoms with van der Waals surface area (Å²) in [6.07, 6.45) is 0. The first-order chi connectivity index (χ1) is 9.04. The van der Waals surface area contributed by atoms with Gasteiger partial charge in [0.2, 0.25) is 0 Å². The SMILES string of the molecule is CC1CN(CC2C(N)C(C)(C)OC2(C)C)CC1N(C)C. The quantitative estimate of drug-likeness (QED) is 0.850. The van der Waals surface area contributed by atoms with E-state index in [9.17, 15) is 0 Å². The van der Waals surface area contributed by atoms with E-state index in [0.29, 0.717) is 12.0 Å². The number of likely N-dealkylation sites (tertiary alicyclic amines) is 1. The maximum Gasteiger partial charge on any atom is 0.0788 e. The van der Waals surface area contributed by atoms with Gasteiger partial charge in [0.15, 0.2) is 0 Å². The average Bonchev–Trinajstić information content (AvgIpc) is 2.70. The summed E-state index contributed by atoms with van der Waals surface area (Å²) in [6.45, 7) is 14.3. The molecule has 0 amide bonds. The summed E-state index contributed by atoms with van der Waals surface area (Å²) in [5.74, 6) is 1.12. The van der Waals surface area contributed by atoms with Crippen LogP contribution >= 0.6 is 0 Å². The third-order valence-corrected chi connectivity index (χ3v) is 5.42. The fourth-order valence-electron chi connectivity index (χ4n) is 4.22. The molecule has 2 fully saturated rings. The van der Waals surface area contributed by atoms with E-state index >= 15 is 0 Å². The van der Waals surface area contributed by atoms with Crippen LogP contribution in [-0.4, -0.2) is 66.8 Å².